The number of aryl methyl sites for hydroxylation is 1. The van der Waals surface area contributed by atoms with E-state index in [-0.39, 0.29) is 0 Å². The molecule has 0 amide bonds. The molecule has 0 saturated carbocycles. The number of hydrogen-bond acceptors (Lipinski definition) is 1. The zero-order valence-electron chi connectivity index (χ0n) is 10.5. The summed E-state index contributed by atoms with van der Waals surface area (Å²) in [5.74, 6) is 0.895. The molecule has 1 saturated heterocycles. The summed E-state index contributed by atoms with van der Waals surface area (Å²) in [6.07, 6.45) is 6.19. The molecule has 1 aromatic carbocycles. The van der Waals surface area contributed by atoms with Gasteiger partial charge in [0.05, 0.1) is 0 Å². The van der Waals surface area contributed by atoms with Gasteiger partial charge in [0.1, 0.15) is 0 Å². The molecule has 96 valence electrons. The molecular weight excluding hydrogens is 288 g/mol. The number of halogens is 1. The number of nitrogens with one attached hydrogen (secondary N) is 1. The fourth-order valence-corrected chi connectivity index (χ4v) is 3.46. The van der Waals surface area contributed by atoms with E-state index in [1.165, 1.54) is 47.7 Å². The van der Waals surface area contributed by atoms with E-state index < -0.39 is 0 Å². The van der Waals surface area contributed by atoms with E-state index in [2.05, 4.69) is 56.3 Å². The van der Waals surface area contributed by atoms with Crippen LogP contribution in [0.4, 0.5) is 0 Å². The summed E-state index contributed by atoms with van der Waals surface area (Å²) in [7, 11) is 0. The minimum Gasteiger partial charge on any atom is -0.346 e. The smallest absolute Gasteiger partial charge is 0.0492 e. The average Bonchev–Trinajstić information content (AvgIpc) is 2.75. The van der Waals surface area contributed by atoms with E-state index in [0.29, 0.717) is 0 Å². The summed E-state index contributed by atoms with van der Waals surface area (Å²) in [4.78, 5) is 0. The third-order valence-corrected chi connectivity index (χ3v) is 4.61. The minimum atomic E-state index is 0.895. The lowest BCUT2D eigenvalue weighted by molar-refractivity contribution is 0.339. The van der Waals surface area contributed by atoms with Crippen LogP contribution in [0.25, 0.3) is 10.9 Å². The highest BCUT2D eigenvalue weighted by Gasteiger charge is 2.13. The third kappa shape index (κ3) is 2.47. The van der Waals surface area contributed by atoms with Crippen LogP contribution in [0, 0.1) is 5.92 Å². The number of benzene rings is 1. The van der Waals surface area contributed by atoms with Crippen LogP contribution < -0.4 is 5.32 Å². The van der Waals surface area contributed by atoms with Gasteiger partial charge >= 0.3 is 0 Å². The Morgan fingerprint density at radius 1 is 1.22 bits per heavy atom. The van der Waals surface area contributed by atoms with Gasteiger partial charge in [0.2, 0.25) is 0 Å². The van der Waals surface area contributed by atoms with E-state index in [9.17, 15) is 0 Å². The quantitative estimate of drug-likeness (QED) is 0.913. The van der Waals surface area contributed by atoms with Crippen LogP contribution in [-0.4, -0.2) is 17.7 Å². The largest absolute Gasteiger partial charge is 0.346 e. The summed E-state index contributed by atoms with van der Waals surface area (Å²) >= 11 is 3.65. The molecule has 3 rings (SSSR count). The van der Waals surface area contributed by atoms with Crippen LogP contribution >= 0.6 is 15.9 Å². The van der Waals surface area contributed by atoms with Crippen LogP contribution in [0.1, 0.15) is 19.3 Å². The number of fused-ring (bicyclic) bond motifs is 1. The molecule has 1 fully saturated rings. The van der Waals surface area contributed by atoms with Crippen LogP contribution in [0.15, 0.2) is 34.9 Å². The first kappa shape index (κ1) is 12.2. The second-order valence-corrected chi connectivity index (χ2v) is 6.02. The number of piperidine rings is 1. The van der Waals surface area contributed by atoms with E-state index in [1.807, 2.05) is 0 Å². The predicted octanol–water partition coefficient (Wildman–Crippen LogP) is 3.79. The van der Waals surface area contributed by atoms with Crippen LogP contribution in [0.3, 0.4) is 0 Å². The van der Waals surface area contributed by atoms with Crippen molar-refractivity contribution in [2.75, 3.05) is 13.1 Å². The van der Waals surface area contributed by atoms with Gasteiger partial charge in [-0.2, -0.15) is 0 Å². The first-order valence-corrected chi connectivity index (χ1v) is 7.58. The predicted molar refractivity (Wildman–Crippen MR) is 79.8 cm³/mol. The molecule has 1 aromatic heterocycles. The second-order valence-electron chi connectivity index (χ2n) is 5.17. The maximum absolute atomic E-state index is 3.65. The molecule has 0 atom stereocenters. The number of aromatic nitrogens is 1. The highest BCUT2D eigenvalue weighted by Crippen LogP contribution is 2.27. The molecule has 1 aliphatic heterocycles. The van der Waals surface area contributed by atoms with Gasteiger partial charge in [0.15, 0.2) is 0 Å². The topological polar surface area (TPSA) is 17.0 Å². The average molecular weight is 307 g/mol. The fourth-order valence-electron chi connectivity index (χ4n) is 2.88. The maximum Gasteiger partial charge on any atom is 0.0492 e. The Morgan fingerprint density at radius 2 is 2.00 bits per heavy atom. The van der Waals surface area contributed by atoms with E-state index in [1.54, 1.807) is 0 Å². The van der Waals surface area contributed by atoms with Gasteiger partial charge in [-0.05, 0) is 60.3 Å². The molecule has 0 bridgehead atoms. The summed E-state index contributed by atoms with van der Waals surface area (Å²) in [5.41, 5.74) is 1.35. The zero-order valence-corrected chi connectivity index (χ0v) is 12.1. The van der Waals surface area contributed by atoms with E-state index in [0.717, 1.165) is 12.5 Å². The molecular formula is C15H19BrN2. The monoisotopic (exact) mass is 306 g/mol. The molecule has 2 heterocycles. The van der Waals surface area contributed by atoms with Crippen LogP contribution in [0.5, 0.6) is 0 Å². The Hall–Kier alpha value is -0.800. The van der Waals surface area contributed by atoms with Crippen molar-refractivity contribution in [1.82, 2.24) is 9.88 Å². The van der Waals surface area contributed by atoms with E-state index >= 15 is 0 Å². The number of hydrogen-bond donors (Lipinski definition) is 1. The lowest BCUT2D eigenvalue weighted by Gasteiger charge is -2.22. The van der Waals surface area contributed by atoms with Crippen molar-refractivity contribution < 1.29 is 0 Å². The van der Waals surface area contributed by atoms with Crippen molar-refractivity contribution in [3.05, 3.63) is 34.9 Å². The normalized spacial score (nSPS) is 17.4. The Balaban J connectivity index is 1.74. The van der Waals surface area contributed by atoms with Gasteiger partial charge in [0.25, 0.3) is 0 Å². The van der Waals surface area contributed by atoms with Crippen molar-refractivity contribution in [2.24, 2.45) is 5.92 Å². The lowest BCUT2D eigenvalue weighted by Crippen LogP contribution is -2.28. The van der Waals surface area contributed by atoms with Gasteiger partial charge in [-0.25, -0.2) is 0 Å². The molecule has 1 N–H and O–H groups in total. The Bertz CT molecular complexity index is 526. The Kier molecular flexibility index (Phi) is 3.71. The van der Waals surface area contributed by atoms with Crippen molar-refractivity contribution in [3.8, 4) is 0 Å². The Morgan fingerprint density at radius 3 is 2.83 bits per heavy atom. The molecule has 2 nitrogen and oxygen atoms in total. The highest BCUT2D eigenvalue weighted by atomic mass is 79.9. The molecule has 1 aliphatic rings. The lowest BCUT2D eigenvalue weighted by atomic mass is 9.95. The van der Waals surface area contributed by atoms with Gasteiger partial charge < -0.3 is 9.88 Å². The SMILES string of the molecule is Brc1cn(CCC2CCNCC2)c2ccccc12. The zero-order chi connectivity index (χ0) is 12.4. The third-order valence-electron chi connectivity index (χ3n) is 3.98. The molecule has 2 aromatic rings. The van der Waals surface area contributed by atoms with Crippen LogP contribution in [0.2, 0.25) is 0 Å². The molecule has 3 heteroatoms. The summed E-state index contributed by atoms with van der Waals surface area (Å²) in [5, 5.41) is 4.75. The van der Waals surface area contributed by atoms with Gasteiger partial charge in [-0.3, -0.25) is 0 Å². The van der Waals surface area contributed by atoms with Crippen LogP contribution in [-0.2, 0) is 6.54 Å². The number of nitrogens with zero attached hydrogens (tertiary/aromatic N) is 1. The van der Waals surface area contributed by atoms with Crippen molar-refractivity contribution in [3.63, 3.8) is 0 Å². The molecule has 0 radical (unpaired) electrons. The highest BCUT2D eigenvalue weighted by molar-refractivity contribution is 9.10. The fraction of sp³-hybridized carbons (Fsp3) is 0.467. The maximum atomic E-state index is 3.65. The van der Waals surface area contributed by atoms with E-state index in [4.69, 9.17) is 0 Å². The first-order chi connectivity index (χ1) is 8.84. The number of para-hydroxylation sites is 1. The standard InChI is InChI=1S/C15H19BrN2/c16-14-11-18(15-4-2-1-3-13(14)15)10-7-12-5-8-17-9-6-12/h1-4,11-12,17H,5-10H2. The Labute approximate surface area is 116 Å². The minimum absolute atomic E-state index is 0.895. The van der Waals surface area contributed by atoms with Gasteiger partial charge in [-0.15, -0.1) is 0 Å². The summed E-state index contributed by atoms with van der Waals surface area (Å²) in [6, 6.07) is 8.61. The molecule has 0 aliphatic carbocycles. The second kappa shape index (κ2) is 5.45. The van der Waals surface area contributed by atoms with Gasteiger partial charge in [-0.1, -0.05) is 18.2 Å². The van der Waals surface area contributed by atoms with Crippen molar-refractivity contribution in [1.29, 1.82) is 0 Å². The summed E-state index contributed by atoms with van der Waals surface area (Å²) in [6.45, 7) is 3.53. The van der Waals surface area contributed by atoms with Crippen molar-refractivity contribution in [2.45, 2.75) is 25.8 Å². The number of rotatable bonds is 3. The first-order valence-electron chi connectivity index (χ1n) is 6.78. The molecule has 0 unspecified atom stereocenters. The summed E-state index contributed by atoms with van der Waals surface area (Å²) < 4.78 is 3.60. The molecule has 18 heavy (non-hydrogen) atoms. The van der Waals surface area contributed by atoms with Crippen molar-refractivity contribution >= 4 is 26.8 Å². The molecule has 0 spiro atoms. The van der Waals surface area contributed by atoms with Gasteiger partial charge in [0, 0.05) is 28.1 Å².